The molecule has 0 radical (unpaired) electrons. The van der Waals surface area contributed by atoms with Gasteiger partial charge in [0.25, 0.3) is 5.91 Å². The molecule has 0 bridgehead atoms. The number of hydrogen-bond donors (Lipinski definition) is 3. The molecule has 1 fully saturated rings. The topological polar surface area (TPSA) is 70.9 Å². The lowest BCUT2D eigenvalue weighted by atomic mass is 10.2. The Hall–Kier alpha value is -1.00. The molecule has 1 saturated carbocycles. The fraction of sp³-hybridized carbons (Fsp3) is 0.500. The molecule has 1 atom stereocenters. The summed E-state index contributed by atoms with van der Waals surface area (Å²) in [6.07, 6.45) is 3.91. The number of amides is 1. The number of nitrogens with one attached hydrogen (secondary N) is 2. The van der Waals surface area contributed by atoms with Gasteiger partial charge in [0.1, 0.15) is 5.69 Å². The van der Waals surface area contributed by atoms with E-state index in [9.17, 15) is 4.79 Å². The maximum Gasteiger partial charge on any atom is 0.268 e. The Labute approximate surface area is 93.2 Å². The highest BCUT2D eigenvalue weighted by molar-refractivity contribution is 6.30. The highest BCUT2D eigenvalue weighted by atomic mass is 35.5. The van der Waals surface area contributed by atoms with Gasteiger partial charge >= 0.3 is 0 Å². The minimum atomic E-state index is -0.135. The maximum atomic E-state index is 11.7. The molecule has 1 aliphatic carbocycles. The van der Waals surface area contributed by atoms with Crippen molar-refractivity contribution >= 4 is 17.5 Å². The van der Waals surface area contributed by atoms with Crippen molar-refractivity contribution in [1.82, 2.24) is 10.3 Å². The molecule has 0 saturated heterocycles. The highest BCUT2D eigenvalue weighted by Gasteiger charge is 2.31. The molecule has 4 N–H and O–H groups in total. The molecule has 5 heteroatoms. The number of aromatic amines is 1. The average molecular weight is 228 g/mol. The van der Waals surface area contributed by atoms with Crippen molar-refractivity contribution in [2.24, 2.45) is 11.7 Å². The largest absolute Gasteiger partial charge is 0.356 e. The number of carbonyl (C=O) groups excluding carboxylic acids is 1. The molecule has 0 spiro atoms. The van der Waals surface area contributed by atoms with E-state index in [1.807, 2.05) is 0 Å². The average Bonchev–Trinajstić information content (AvgIpc) is 2.97. The van der Waals surface area contributed by atoms with Crippen LogP contribution >= 0.6 is 11.6 Å². The molecular weight excluding hydrogens is 214 g/mol. The van der Waals surface area contributed by atoms with Crippen LogP contribution in [-0.4, -0.2) is 23.5 Å². The molecule has 1 aromatic rings. The minimum absolute atomic E-state index is 0.0968. The predicted molar refractivity (Wildman–Crippen MR) is 58.8 cm³/mol. The number of carbonyl (C=O) groups is 1. The summed E-state index contributed by atoms with van der Waals surface area (Å²) in [5.74, 6) is 0.425. The molecule has 82 valence electrons. The number of aromatic nitrogens is 1. The third kappa shape index (κ3) is 2.52. The van der Waals surface area contributed by atoms with Gasteiger partial charge in [0, 0.05) is 18.8 Å². The van der Waals surface area contributed by atoms with E-state index in [4.69, 9.17) is 17.3 Å². The first-order valence-corrected chi connectivity index (χ1v) is 5.43. The summed E-state index contributed by atoms with van der Waals surface area (Å²) in [5.41, 5.74) is 6.08. The molecule has 0 aromatic carbocycles. The second kappa shape index (κ2) is 4.24. The van der Waals surface area contributed by atoms with Crippen molar-refractivity contribution in [3.05, 3.63) is 23.0 Å². The first-order chi connectivity index (χ1) is 7.20. The van der Waals surface area contributed by atoms with E-state index in [2.05, 4.69) is 10.3 Å². The second-order valence-corrected chi connectivity index (χ2v) is 4.32. The van der Waals surface area contributed by atoms with Crippen molar-refractivity contribution in [3.63, 3.8) is 0 Å². The SMILES string of the molecule is NCC(NC(=O)c1cc(Cl)c[nH]1)C1CC1. The van der Waals surface area contributed by atoms with Crippen LogP contribution in [0.1, 0.15) is 23.3 Å². The zero-order valence-corrected chi connectivity index (χ0v) is 9.05. The molecule has 4 nitrogen and oxygen atoms in total. The summed E-state index contributed by atoms with van der Waals surface area (Å²) in [6.45, 7) is 0.491. The molecule has 1 heterocycles. The highest BCUT2D eigenvalue weighted by Crippen LogP contribution is 2.32. The van der Waals surface area contributed by atoms with Crippen LogP contribution in [0.3, 0.4) is 0 Å². The van der Waals surface area contributed by atoms with Gasteiger partial charge in [-0.2, -0.15) is 0 Å². The zero-order valence-electron chi connectivity index (χ0n) is 8.29. The Bertz CT molecular complexity index is 359. The first-order valence-electron chi connectivity index (χ1n) is 5.05. The maximum absolute atomic E-state index is 11.7. The summed E-state index contributed by atoms with van der Waals surface area (Å²) in [6, 6.07) is 1.71. The van der Waals surface area contributed by atoms with E-state index in [1.165, 1.54) is 0 Å². The number of halogens is 1. The van der Waals surface area contributed by atoms with Gasteiger partial charge in [-0.3, -0.25) is 4.79 Å². The van der Waals surface area contributed by atoms with Crippen LogP contribution in [0.25, 0.3) is 0 Å². The van der Waals surface area contributed by atoms with Crippen molar-refractivity contribution in [3.8, 4) is 0 Å². The van der Waals surface area contributed by atoms with Crippen LogP contribution in [0.5, 0.6) is 0 Å². The summed E-state index contributed by atoms with van der Waals surface area (Å²) < 4.78 is 0. The van der Waals surface area contributed by atoms with Crippen molar-refractivity contribution in [2.75, 3.05) is 6.54 Å². The normalized spacial score (nSPS) is 17.5. The summed E-state index contributed by atoms with van der Waals surface area (Å²) in [5, 5.41) is 3.44. The molecule has 15 heavy (non-hydrogen) atoms. The zero-order chi connectivity index (χ0) is 10.8. The van der Waals surface area contributed by atoms with Crippen molar-refractivity contribution in [1.29, 1.82) is 0 Å². The Balaban J connectivity index is 1.96. The number of H-pyrrole nitrogens is 1. The van der Waals surface area contributed by atoms with E-state index in [1.54, 1.807) is 12.3 Å². The summed E-state index contributed by atoms with van der Waals surface area (Å²) >= 11 is 5.71. The molecule has 1 unspecified atom stereocenters. The van der Waals surface area contributed by atoms with Crippen LogP contribution in [0.4, 0.5) is 0 Å². The quantitative estimate of drug-likeness (QED) is 0.722. The van der Waals surface area contributed by atoms with Crippen LogP contribution in [0, 0.1) is 5.92 Å². The molecule has 1 aromatic heterocycles. The van der Waals surface area contributed by atoms with E-state index in [0.29, 0.717) is 23.2 Å². The number of nitrogens with two attached hydrogens (primary N) is 1. The van der Waals surface area contributed by atoms with Gasteiger partial charge in [-0.05, 0) is 24.8 Å². The predicted octanol–water partition coefficient (Wildman–Crippen LogP) is 1.14. The van der Waals surface area contributed by atoms with Gasteiger partial charge in [-0.1, -0.05) is 11.6 Å². The second-order valence-electron chi connectivity index (χ2n) is 3.88. The lowest BCUT2D eigenvalue weighted by Crippen LogP contribution is -2.41. The van der Waals surface area contributed by atoms with Crippen LogP contribution < -0.4 is 11.1 Å². The van der Waals surface area contributed by atoms with E-state index >= 15 is 0 Å². The first kappa shape index (κ1) is 10.5. The molecule has 1 aliphatic rings. The Morgan fingerprint density at radius 1 is 1.73 bits per heavy atom. The van der Waals surface area contributed by atoms with Gasteiger partial charge in [-0.25, -0.2) is 0 Å². The Morgan fingerprint density at radius 3 is 2.93 bits per heavy atom. The van der Waals surface area contributed by atoms with Crippen LogP contribution in [-0.2, 0) is 0 Å². The number of hydrogen-bond acceptors (Lipinski definition) is 2. The minimum Gasteiger partial charge on any atom is -0.356 e. The number of rotatable bonds is 4. The lowest BCUT2D eigenvalue weighted by molar-refractivity contribution is 0.0929. The van der Waals surface area contributed by atoms with Crippen LogP contribution in [0.2, 0.25) is 5.02 Å². The monoisotopic (exact) mass is 227 g/mol. The van der Waals surface area contributed by atoms with Gasteiger partial charge in [0.2, 0.25) is 0 Å². The van der Waals surface area contributed by atoms with Gasteiger partial charge in [0.05, 0.1) is 5.02 Å². The fourth-order valence-electron chi connectivity index (χ4n) is 1.61. The fourth-order valence-corrected chi connectivity index (χ4v) is 1.78. The molecule has 2 rings (SSSR count). The van der Waals surface area contributed by atoms with Gasteiger partial charge < -0.3 is 16.0 Å². The Kier molecular flexibility index (Phi) is 2.98. The summed E-state index contributed by atoms with van der Waals surface area (Å²) in [7, 11) is 0. The van der Waals surface area contributed by atoms with E-state index in [0.717, 1.165) is 12.8 Å². The standard InChI is InChI=1S/C10H14ClN3O/c11-7-3-8(13-5-7)10(15)14-9(4-12)6-1-2-6/h3,5-6,9,13H,1-2,4,12H2,(H,14,15). The van der Waals surface area contributed by atoms with E-state index < -0.39 is 0 Å². The third-order valence-corrected chi connectivity index (χ3v) is 2.87. The summed E-state index contributed by atoms with van der Waals surface area (Å²) in [4.78, 5) is 14.5. The van der Waals surface area contributed by atoms with Crippen molar-refractivity contribution in [2.45, 2.75) is 18.9 Å². The molecule has 1 amide bonds. The van der Waals surface area contributed by atoms with Gasteiger partial charge in [-0.15, -0.1) is 0 Å². The molecular formula is C10H14ClN3O. The van der Waals surface area contributed by atoms with Crippen molar-refractivity contribution < 1.29 is 4.79 Å². The smallest absolute Gasteiger partial charge is 0.268 e. The van der Waals surface area contributed by atoms with E-state index in [-0.39, 0.29) is 11.9 Å². The lowest BCUT2D eigenvalue weighted by Gasteiger charge is -2.15. The van der Waals surface area contributed by atoms with Gasteiger partial charge in [0.15, 0.2) is 0 Å². The molecule has 0 aliphatic heterocycles. The van der Waals surface area contributed by atoms with Crippen LogP contribution in [0.15, 0.2) is 12.3 Å². The third-order valence-electron chi connectivity index (χ3n) is 2.65. The Morgan fingerprint density at radius 2 is 2.47 bits per heavy atom.